The quantitative estimate of drug-likeness (QED) is 0.761. The van der Waals surface area contributed by atoms with E-state index in [1.165, 1.54) is 10.3 Å². The maximum Gasteiger partial charge on any atom is 0.184 e. The van der Waals surface area contributed by atoms with Crippen LogP contribution < -0.4 is 5.32 Å². The van der Waals surface area contributed by atoms with Crippen LogP contribution in [0.25, 0.3) is 10.2 Å². The van der Waals surface area contributed by atoms with E-state index in [1.54, 1.807) is 23.9 Å². The minimum Gasteiger partial charge on any atom is -0.472 e. The zero-order chi connectivity index (χ0) is 11.7. The van der Waals surface area contributed by atoms with E-state index < -0.39 is 0 Å². The molecule has 1 N–H and O–H groups in total. The number of rotatable bonds is 3. The monoisotopic (exact) mass is 244 g/mol. The summed E-state index contributed by atoms with van der Waals surface area (Å²) in [6, 6.07) is 8.26. The van der Waals surface area contributed by atoms with E-state index in [2.05, 4.69) is 35.4 Å². The summed E-state index contributed by atoms with van der Waals surface area (Å²) in [4.78, 5) is 4.53. The van der Waals surface area contributed by atoms with Crippen molar-refractivity contribution in [3.05, 3.63) is 47.9 Å². The van der Waals surface area contributed by atoms with Gasteiger partial charge in [-0.3, -0.25) is 0 Å². The lowest BCUT2D eigenvalue weighted by molar-refractivity contribution is 0.564. The summed E-state index contributed by atoms with van der Waals surface area (Å²) in [6.07, 6.45) is 3.42. The number of hydrogen-bond acceptors (Lipinski definition) is 4. The molecule has 4 heteroatoms. The normalized spacial score (nSPS) is 10.9. The number of aryl methyl sites for hydroxylation is 1. The Labute approximate surface area is 103 Å². The highest BCUT2D eigenvalue weighted by molar-refractivity contribution is 7.22. The van der Waals surface area contributed by atoms with Gasteiger partial charge >= 0.3 is 0 Å². The van der Waals surface area contributed by atoms with Crippen LogP contribution in [0.3, 0.4) is 0 Å². The van der Waals surface area contributed by atoms with E-state index in [9.17, 15) is 0 Å². The predicted molar refractivity (Wildman–Crippen MR) is 70.4 cm³/mol. The van der Waals surface area contributed by atoms with Gasteiger partial charge in [-0.15, -0.1) is 0 Å². The van der Waals surface area contributed by atoms with Crippen LogP contribution in [0.5, 0.6) is 0 Å². The lowest BCUT2D eigenvalue weighted by Gasteiger charge is -1.97. The van der Waals surface area contributed by atoms with Gasteiger partial charge in [0.1, 0.15) is 0 Å². The fourth-order valence-corrected chi connectivity index (χ4v) is 2.64. The first-order valence-electron chi connectivity index (χ1n) is 5.43. The summed E-state index contributed by atoms with van der Waals surface area (Å²) >= 11 is 1.68. The third kappa shape index (κ3) is 2.17. The largest absolute Gasteiger partial charge is 0.472 e. The topological polar surface area (TPSA) is 38.1 Å². The smallest absolute Gasteiger partial charge is 0.184 e. The van der Waals surface area contributed by atoms with Gasteiger partial charge in [0.15, 0.2) is 5.13 Å². The average Bonchev–Trinajstić information content (AvgIpc) is 2.94. The second-order valence-electron chi connectivity index (χ2n) is 3.98. The zero-order valence-electron chi connectivity index (χ0n) is 9.43. The second kappa shape index (κ2) is 4.22. The molecular formula is C13H12N2OS. The fourth-order valence-electron chi connectivity index (χ4n) is 1.68. The number of fused-ring (bicyclic) bond motifs is 1. The lowest BCUT2D eigenvalue weighted by atomic mass is 10.2. The molecule has 0 aliphatic rings. The Morgan fingerprint density at radius 2 is 2.29 bits per heavy atom. The molecule has 0 aliphatic heterocycles. The molecule has 1 aromatic carbocycles. The molecular weight excluding hydrogens is 232 g/mol. The molecule has 0 saturated heterocycles. The Morgan fingerprint density at radius 1 is 1.35 bits per heavy atom. The summed E-state index contributed by atoms with van der Waals surface area (Å²) in [6.45, 7) is 2.84. The van der Waals surface area contributed by atoms with Gasteiger partial charge in [0.2, 0.25) is 0 Å². The van der Waals surface area contributed by atoms with Gasteiger partial charge in [-0.25, -0.2) is 4.98 Å². The number of furan rings is 1. The number of nitrogens with one attached hydrogen (secondary N) is 1. The molecule has 2 aromatic heterocycles. The second-order valence-corrected chi connectivity index (χ2v) is 5.01. The van der Waals surface area contributed by atoms with Crippen molar-refractivity contribution in [1.82, 2.24) is 4.98 Å². The van der Waals surface area contributed by atoms with Crippen LogP contribution in [-0.4, -0.2) is 4.98 Å². The predicted octanol–water partition coefficient (Wildman–Crippen LogP) is 3.81. The molecule has 17 heavy (non-hydrogen) atoms. The van der Waals surface area contributed by atoms with Gasteiger partial charge in [-0.05, 0) is 30.7 Å². The molecule has 0 atom stereocenters. The SMILES string of the molecule is Cc1ccc2nc(NCc3ccoc3)sc2c1. The van der Waals surface area contributed by atoms with Crippen molar-refractivity contribution < 1.29 is 4.42 Å². The highest BCUT2D eigenvalue weighted by atomic mass is 32.1. The average molecular weight is 244 g/mol. The standard InChI is InChI=1S/C13H12N2OS/c1-9-2-3-11-12(6-9)17-13(15-11)14-7-10-4-5-16-8-10/h2-6,8H,7H2,1H3,(H,14,15). The van der Waals surface area contributed by atoms with Crippen LogP contribution in [0.4, 0.5) is 5.13 Å². The molecule has 3 rings (SSSR count). The molecule has 0 fully saturated rings. The molecule has 0 aliphatic carbocycles. The Hall–Kier alpha value is -1.81. The van der Waals surface area contributed by atoms with Crippen LogP contribution >= 0.6 is 11.3 Å². The van der Waals surface area contributed by atoms with Gasteiger partial charge in [-0.2, -0.15) is 0 Å². The van der Waals surface area contributed by atoms with Crippen molar-refractivity contribution in [2.24, 2.45) is 0 Å². The molecule has 0 unspecified atom stereocenters. The Kier molecular flexibility index (Phi) is 2.57. The van der Waals surface area contributed by atoms with Crippen molar-refractivity contribution in [3.8, 4) is 0 Å². The summed E-state index contributed by atoms with van der Waals surface area (Å²) in [5, 5.41) is 4.25. The minimum atomic E-state index is 0.745. The first kappa shape index (κ1) is 10.4. The third-order valence-electron chi connectivity index (χ3n) is 2.57. The zero-order valence-corrected chi connectivity index (χ0v) is 10.3. The van der Waals surface area contributed by atoms with Crippen molar-refractivity contribution >= 4 is 26.7 Å². The Balaban J connectivity index is 1.81. The third-order valence-corrected chi connectivity index (χ3v) is 3.54. The number of nitrogens with zero attached hydrogens (tertiary/aromatic N) is 1. The number of benzene rings is 1. The fraction of sp³-hybridized carbons (Fsp3) is 0.154. The number of anilines is 1. The van der Waals surface area contributed by atoms with E-state index in [1.807, 2.05) is 6.07 Å². The molecule has 0 amide bonds. The Morgan fingerprint density at radius 3 is 3.12 bits per heavy atom. The molecule has 0 spiro atoms. The summed E-state index contributed by atoms with van der Waals surface area (Å²) in [7, 11) is 0. The van der Waals surface area contributed by atoms with Crippen LogP contribution in [0.15, 0.2) is 41.2 Å². The molecule has 0 bridgehead atoms. The van der Waals surface area contributed by atoms with Crippen molar-refractivity contribution in [1.29, 1.82) is 0 Å². The summed E-state index contributed by atoms with van der Waals surface area (Å²) in [5.41, 5.74) is 3.44. The highest BCUT2D eigenvalue weighted by Crippen LogP contribution is 2.26. The van der Waals surface area contributed by atoms with Crippen LogP contribution in [0.2, 0.25) is 0 Å². The maximum atomic E-state index is 5.02. The minimum absolute atomic E-state index is 0.745. The van der Waals surface area contributed by atoms with Crippen molar-refractivity contribution in [2.45, 2.75) is 13.5 Å². The highest BCUT2D eigenvalue weighted by Gasteiger charge is 2.03. The van der Waals surface area contributed by atoms with Crippen LogP contribution in [-0.2, 0) is 6.54 Å². The van der Waals surface area contributed by atoms with Crippen LogP contribution in [0.1, 0.15) is 11.1 Å². The molecule has 86 valence electrons. The lowest BCUT2D eigenvalue weighted by Crippen LogP contribution is -1.96. The summed E-state index contributed by atoms with van der Waals surface area (Å²) < 4.78 is 6.24. The van der Waals surface area contributed by atoms with E-state index in [4.69, 9.17) is 4.42 Å². The van der Waals surface area contributed by atoms with Crippen LogP contribution in [0, 0.1) is 6.92 Å². The van der Waals surface area contributed by atoms with E-state index >= 15 is 0 Å². The summed E-state index contributed by atoms with van der Waals surface area (Å²) in [5.74, 6) is 0. The molecule has 0 saturated carbocycles. The van der Waals surface area contributed by atoms with E-state index in [0.29, 0.717) is 0 Å². The number of thiazole rings is 1. The van der Waals surface area contributed by atoms with Gasteiger partial charge in [0.25, 0.3) is 0 Å². The van der Waals surface area contributed by atoms with E-state index in [0.717, 1.165) is 22.8 Å². The van der Waals surface area contributed by atoms with Gasteiger partial charge in [0.05, 0.1) is 22.7 Å². The van der Waals surface area contributed by atoms with Crippen molar-refractivity contribution in [3.63, 3.8) is 0 Å². The molecule has 3 nitrogen and oxygen atoms in total. The number of aromatic nitrogens is 1. The molecule has 3 aromatic rings. The van der Waals surface area contributed by atoms with Crippen molar-refractivity contribution in [2.75, 3.05) is 5.32 Å². The Bertz CT molecular complexity index is 628. The maximum absolute atomic E-state index is 5.02. The first-order chi connectivity index (χ1) is 8.31. The first-order valence-corrected chi connectivity index (χ1v) is 6.25. The van der Waals surface area contributed by atoms with Gasteiger partial charge < -0.3 is 9.73 Å². The van der Waals surface area contributed by atoms with E-state index in [-0.39, 0.29) is 0 Å². The van der Waals surface area contributed by atoms with Gasteiger partial charge in [0, 0.05) is 12.1 Å². The number of hydrogen-bond donors (Lipinski definition) is 1. The molecule has 0 radical (unpaired) electrons. The molecule has 2 heterocycles. The van der Waals surface area contributed by atoms with Gasteiger partial charge in [-0.1, -0.05) is 17.4 Å².